The Morgan fingerprint density at radius 2 is 2.00 bits per heavy atom. The lowest BCUT2D eigenvalue weighted by Crippen LogP contribution is -2.54. The molecule has 0 spiro atoms. The van der Waals surface area contributed by atoms with Crippen molar-refractivity contribution in [3.63, 3.8) is 0 Å². The zero-order valence-electron chi connectivity index (χ0n) is 13.5. The Morgan fingerprint density at radius 3 is 2.55 bits per heavy atom. The van der Waals surface area contributed by atoms with Crippen LogP contribution in [-0.2, 0) is 6.42 Å². The molecule has 0 saturated heterocycles. The molecule has 0 N–H and O–H groups in total. The van der Waals surface area contributed by atoms with Crippen LogP contribution in [0.1, 0.15) is 38.7 Å². The summed E-state index contributed by atoms with van der Waals surface area (Å²) < 4.78 is 25.1. The summed E-state index contributed by atoms with van der Waals surface area (Å²) in [4.78, 5) is 2.55. The predicted molar refractivity (Wildman–Crippen MR) is 87.8 cm³/mol. The van der Waals surface area contributed by atoms with Gasteiger partial charge in [-0.15, -0.1) is 12.4 Å². The fourth-order valence-corrected chi connectivity index (χ4v) is 3.61. The minimum Gasteiger partial charge on any atom is -0.496 e. The van der Waals surface area contributed by atoms with E-state index in [1.807, 2.05) is 0 Å². The third kappa shape index (κ3) is 3.04. The number of halogens is 2. The standard InChI is InChI=1S/C17H24FNO2.ClH/c1-11(2)19(12-5-4-6-12)13-9-14-16(20-3)8-7-15(18)17(14)21-10-13;/h7-8,11-13H,4-6,9-10H2,1-3H3;1H/t13-;/m1./s1. The summed E-state index contributed by atoms with van der Waals surface area (Å²) in [6, 6.07) is 4.55. The molecule has 0 bridgehead atoms. The Balaban J connectivity index is 0.00000176. The van der Waals surface area contributed by atoms with Crippen molar-refractivity contribution < 1.29 is 13.9 Å². The minimum atomic E-state index is -0.288. The normalized spacial score (nSPS) is 20.9. The van der Waals surface area contributed by atoms with Gasteiger partial charge in [0.05, 0.1) is 7.11 Å². The quantitative estimate of drug-likeness (QED) is 0.838. The first-order valence-electron chi connectivity index (χ1n) is 7.87. The molecule has 1 saturated carbocycles. The number of ether oxygens (including phenoxy) is 2. The average molecular weight is 330 g/mol. The van der Waals surface area contributed by atoms with Gasteiger partial charge in [-0.1, -0.05) is 6.42 Å². The Kier molecular flexibility index (Phi) is 5.56. The first-order valence-corrected chi connectivity index (χ1v) is 7.87. The van der Waals surface area contributed by atoms with Gasteiger partial charge in [0, 0.05) is 23.7 Å². The molecule has 1 fully saturated rings. The van der Waals surface area contributed by atoms with Crippen LogP contribution in [-0.4, -0.2) is 36.7 Å². The first kappa shape index (κ1) is 17.4. The summed E-state index contributed by atoms with van der Waals surface area (Å²) >= 11 is 0. The van der Waals surface area contributed by atoms with Gasteiger partial charge in [0.15, 0.2) is 11.6 Å². The molecule has 2 aliphatic rings. The monoisotopic (exact) mass is 329 g/mol. The summed E-state index contributed by atoms with van der Waals surface area (Å²) in [6.07, 6.45) is 4.64. The van der Waals surface area contributed by atoms with Crippen molar-refractivity contribution in [3.8, 4) is 11.5 Å². The van der Waals surface area contributed by atoms with Crippen LogP contribution < -0.4 is 9.47 Å². The molecule has 0 radical (unpaired) electrons. The lowest BCUT2D eigenvalue weighted by molar-refractivity contribution is 0.0181. The summed E-state index contributed by atoms with van der Waals surface area (Å²) in [7, 11) is 1.63. The van der Waals surface area contributed by atoms with Crippen molar-refractivity contribution >= 4 is 12.4 Å². The molecule has 1 aromatic rings. The zero-order chi connectivity index (χ0) is 15.0. The SMILES string of the molecule is COc1ccc(F)c2c1C[C@@H](N(C(C)C)C1CCC1)CO2.Cl. The smallest absolute Gasteiger partial charge is 0.165 e. The van der Waals surface area contributed by atoms with Crippen LogP contribution >= 0.6 is 12.4 Å². The molecule has 0 aromatic heterocycles. The number of rotatable bonds is 4. The van der Waals surface area contributed by atoms with E-state index in [0.717, 1.165) is 17.7 Å². The number of fused-ring (bicyclic) bond motifs is 1. The maximum absolute atomic E-state index is 13.9. The fourth-order valence-electron chi connectivity index (χ4n) is 3.61. The van der Waals surface area contributed by atoms with Crippen LogP contribution in [0.3, 0.4) is 0 Å². The van der Waals surface area contributed by atoms with Gasteiger partial charge in [0.1, 0.15) is 12.4 Å². The molecule has 1 aliphatic heterocycles. The van der Waals surface area contributed by atoms with Gasteiger partial charge in [-0.05, 0) is 45.2 Å². The molecule has 0 amide bonds. The Morgan fingerprint density at radius 1 is 1.27 bits per heavy atom. The van der Waals surface area contributed by atoms with Gasteiger partial charge >= 0.3 is 0 Å². The molecule has 1 heterocycles. The number of benzene rings is 1. The van der Waals surface area contributed by atoms with Gasteiger partial charge in [-0.25, -0.2) is 4.39 Å². The van der Waals surface area contributed by atoms with Gasteiger partial charge in [0.25, 0.3) is 0 Å². The van der Waals surface area contributed by atoms with Gasteiger partial charge in [0.2, 0.25) is 0 Å². The topological polar surface area (TPSA) is 21.7 Å². The van der Waals surface area contributed by atoms with E-state index in [1.54, 1.807) is 13.2 Å². The molecule has 1 aliphatic carbocycles. The van der Waals surface area contributed by atoms with Crippen molar-refractivity contribution in [1.29, 1.82) is 0 Å². The highest BCUT2D eigenvalue weighted by Gasteiger charge is 2.36. The van der Waals surface area contributed by atoms with Gasteiger partial charge < -0.3 is 9.47 Å². The van der Waals surface area contributed by atoms with E-state index in [1.165, 1.54) is 25.3 Å². The third-order valence-electron chi connectivity index (χ3n) is 4.76. The molecule has 124 valence electrons. The average Bonchev–Trinajstić information content (AvgIpc) is 2.42. The van der Waals surface area contributed by atoms with E-state index in [4.69, 9.17) is 9.47 Å². The second-order valence-electron chi connectivity index (χ2n) is 6.35. The molecule has 3 nitrogen and oxygen atoms in total. The highest BCUT2D eigenvalue weighted by atomic mass is 35.5. The van der Waals surface area contributed by atoms with Crippen LogP contribution in [0.15, 0.2) is 12.1 Å². The van der Waals surface area contributed by atoms with Crippen LogP contribution in [0.4, 0.5) is 4.39 Å². The van der Waals surface area contributed by atoms with E-state index < -0.39 is 0 Å². The van der Waals surface area contributed by atoms with Gasteiger partial charge in [-0.2, -0.15) is 0 Å². The number of hydrogen-bond acceptors (Lipinski definition) is 3. The van der Waals surface area contributed by atoms with Gasteiger partial charge in [-0.3, -0.25) is 4.90 Å². The summed E-state index contributed by atoms with van der Waals surface area (Å²) in [6.45, 7) is 5.03. The van der Waals surface area contributed by atoms with Crippen LogP contribution in [0.2, 0.25) is 0 Å². The summed E-state index contributed by atoms with van der Waals surface area (Å²) in [5.41, 5.74) is 0.874. The highest BCUT2D eigenvalue weighted by molar-refractivity contribution is 5.85. The van der Waals surface area contributed by atoms with E-state index in [2.05, 4.69) is 18.7 Å². The maximum atomic E-state index is 13.9. The van der Waals surface area contributed by atoms with Crippen LogP contribution in [0.25, 0.3) is 0 Å². The molecular weight excluding hydrogens is 305 g/mol. The largest absolute Gasteiger partial charge is 0.496 e. The van der Waals surface area contributed by atoms with E-state index in [-0.39, 0.29) is 18.2 Å². The summed E-state index contributed by atoms with van der Waals surface area (Å²) in [5, 5.41) is 0. The Bertz CT molecular complexity index is 520. The highest BCUT2D eigenvalue weighted by Crippen LogP contribution is 2.38. The van der Waals surface area contributed by atoms with Crippen LogP contribution in [0.5, 0.6) is 11.5 Å². The van der Waals surface area contributed by atoms with Crippen molar-refractivity contribution in [2.75, 3.05) is 13.7 Å². The lowest BCUT2D eigenvalue weighted by atomic mass is 9.87. The molecular formula is C17H25ClFNO2. The molecule has 3 rings (SSSR count). The van der Waals surface area contributed by atoms with Crippen molar-refractivity contribution in [1.82, 2.24) is 4.90 Å². The second-order valence-corrected chi connectivity index (χ2v) is 6.35. The predicted octanol–water partition coefficient (Wildman–Crippen LogP) is 3.82. The van der Waals surface area contributed by atoms with Crippen molar-refractivity contribution in [2.45, 2.75) is 57.7 Å². The lowest BCUT2D eigenvalue weighted by Gasteiger charge is -2.46. The van der Waals surface area contributed by atoms with E-state index in [0.29, 0.717) is 30.5 Å². The molecule has 1 aromatic carbocycles. The first-order chi connectivity index (χ1) is 10.1. The third-order valence-corrected chi connectivity index (χ3v) is 4.76. The van der Waals surface area contributed by atoms with Crippen molar-refractivity contribution in [2.24, 2.45) is 0 Å². The maximum Gasteiger partial charge on any atom is 0.165 e. The molecule has 22 heavy (non-hydrogen) atoms. The van der Waals surface area contributed by atoms with Crippen molar-refractivity contribution in [3.05, 3.63) is 23.5 Å². The zero-order valence-corrected chi connectivity index (χ0v) is 14.3. The van der Waals surface area contributed by atoms with E-state index >= 15 is 0 Å². The molecule has 5 heteroatoms. The number of hydrogen-bond donors (Lipinski definition) is 0. The Labute approximate surface area is 138 Å². The van der Waals surface area contributed by atoms with Crippen LogP contribution in [0, 0.1) is 5.82 Å². The molecule has 0 unspecified atom stereocenters. The van der Waals surface area contributed by atoms with E-state index in [9.17, 15) is 4.39 Å². The molecule has 1 atom stereocenters. The minimum absolute atomic E-state index is 0. The Hall–Kier alpha value is -1.00. The second kappa shape index (κ2) is 7.05. The number of methoxy groups -OCH3 is 1. The fraction of sp³-hybridized carbons (Fsp3) is 0.647. The summed E-state index contributed by atoms with van der Waals surface area (Å²) in [5.74, 6) is 0.820. The number of nitrogens with zero attached hydrogens (tertiary/aromatic N) is 1.